The quantitative estimate of drug-likeness (QED) is 0.635. The fraction of sp³-hybridized carbons (Fsp3) is 0. The van der Waals surface area contributed by atoms with Crippen LogP contribution in [-0.2, 0) is 0 Å². The molecular weight excluding hydrogens is 259 g/mol. The summed E-state index contributed by atoms with van der Waals surface area (Å²) in [7, 11) is 0. The summed E-state index contributed by atoms with van der Waals surface area (Å²) in [6, 6.07) is 7.42. The molecule has 0 saturated carbocycles. The number of hydrogen-bond acceptors (Lipinski definition) is 3. The van der Waals surface area contributed by atoms with Gasteiger partial charge in [0.15, 0.2) is 5.15 Å². The van der Waals surface area contributed by atoms with Crippen molar-refractivity contribution >= 4 is 28.8 Å². The van der Waals surface area contributed by atoms with Crippen LogP contribution < -0.4 is 0 Å². The van der Waals surface area contributed by atoms with E-state index in [0.29, 0.717) is 16.5 Å². The van der Waals surface area contributed by atoms with Crippen LogP contribution in [0.2, 0.25) is 10.4 Å². The van der Waals surface area contributed by atoms with Crippen LogP contribution >= 0.6 is 23.2 Å². The van der Waals surface area contributed by atoms with Gasteiger partial charge in [-0.1, -0.05) is 17.7 Å². The van der Waals surface area contributed by atoms with E-state index in [2.05, 4.69) is 15.0 Å². The van der Waals surface area contributed by atoms with E-state index < -0.39 is 0 Å². The van der Waals surface area contributed by atoms with E-state index in [1.54, 1.807) is 12.3 Å². The zero-order valence-electron chi connectivity index (χ0n) is 8.51. The number of pyridine rings is 1. The van der Waals surface area contributed by atoms with Gasteiger partial charge in [0.25, 0.3) is 0 Å². The molecule has 3 aromatic heterocycles. The van der Waals surface area contributed by atoms with Crippen LogP contribution in [0.4, 0.5) is 0 Å². The van der Waals surface area contributed by atoms with Crippen LogP contribution in [0.25, 0.3) is 17.0 Å². The second-order valence-corrected chi connectivity index (χ2v) is 4.09. The van der Waals surface area contributed by atoms with Crippen molar-refractivity contribution in [3.8, 4) is 11.4 Å². The Morgan fingerprint density at radius 3 is 2.76 bits per heavy atom. The minimum atomic E-state index is 0.185. The van der Waals surface area contributed by atoms with Gasteiger partial charge in [0.1, 0.15) is 11.3 Å². The first-order valence-electron chi connectivity index (χ1n) is 4.87. The van der Waals surface area contributed by atoms with E-state index in [0.717, 1.165) is 5.65 Å². The third-order valence-electron chi connectivity index (χ3n) is 2.36. The SMILES string of the molecule is Clc1nccc(-c2c(Cl)nc3ccccn23)n1. The van der Waals surface area contributed by atoms with Crippen molar-refractivity contribution in [2.45, 2.75) is 0 Å². The lowest BCUT2D eigenvalue weighted by molar-refractivity contribution is 1.13. The highest BCUT2D eigenvalue weighted by Crippen LogP contribution is 2.27. The highest BCUT2D eigenvalue weighted by Gasteiger charge is 2.13. The molecule has 0 unspecified atom stereocenters. The second kappa shape index (κ2) is 3.98. The molecule has 0 aliphatic rings. The lowest BCUT2D eigenvalue weighted by atomic mass is 10.3. The molecule has 0 atom stereocenters. The predicted molar refractivity (Wildman–Crippen MR) is 66.2 cm³/mol. The van der Waals surface area contributed by atoms with Crippen LogP contribution in [-0.4, -0.2) is 19.4 Å². The Morgan fingerprint density at radius 1 is 1.06 bits per heavy atom. The van der Waals surface area contributed by atoms with Crippen molar-refractivity contribution < 1.29 is 0 Å². The first-order chi connectivity index (χ1) is 8.25. The number of hydrogen-bond donors (Lipinski definition) is 0. The molecule has 6 heteroatoms. The molecule has 0 aliphatic heterocycles. The van der Waals surface area contributed by atoms with E-state index in [9.17, 15) is 0 Å². The lowest BCUT2D eigenvalue weighted by Gasteiger charge is -2.01. The largest absolute Gasteiger partial charge is 0.297 e. The summed E-state index contributed by atoms with van der Waals surface area (Å²) >= 11 is 11.9. The molecule has 0 radical (unpaired) electrons. The van der Waals surface area contributed by atoms with Gasteiger partial charge in [-0.25, -0.2) is 15.0 Å². The topological polar surface area (TPSA) is 43.1 Å². The first kappa shape index (κ1) is 10.5. The van der Waals surface area contributed by atoms with Gasteiger partial charge in [-0.15, -0.1) is 0 Å². The van der Waals surface area contributed by atoms with Crippen LogP contribution in [0.3, 0.4) is 0 Å². The van der Waals surface area contributed by atoms with Gasteiger partial charge < -0.3 is 0 Å². The van der Waals surface area contributed by atoms with Crippen molar-refractivity contribution in [2.24, 2.45) is 0 Å². The van der Waals surface area contributed by atoms with Crippen LogP contribution in [0.1, 0.15) is 0 Å². The molecule has 0 spiro atoms. The van der Waals surface area contributed by atoms with E-state index in [1.165, 1.54) is 0 Å². The molecule has 4 nitrogen and oxygen atoms in total. The fourth-order valence-corrected chi connectivity index (χ4v) is 2.08. The molecule has 0 N–H and O–H groups in total. The summed E-state index contributed by atoms with van der Waals surface area (Å²) in [5.41, 5.74) is 2.13. The Kier molecular flexibility index (Phi) is 2.46. The Labute approximate surface area is 107 Å². The van der Waals surface area contributed by atoms with Gasteiger partial charge in [0.05, 0.1) is 5.69 Å². The van der Waals surface area contributed by atoms with Gasteiger partial charge in [0, 0.05) is 12.4 Å². The van der Waals surface area contributed by atoms with Crippen molar-refractivity contribution in [2.75, 3.05) is 0 Å². The van der Waals surface area contributed by atoms with Gasteiger partial charge >= 0.3 is 0 Å². The maximum Gasteiger partial charge on any atom is 0.222 e. The van der Waals surface area contributed by atoms with Gasteiger partial charge in [0.2, 0.25) is 5.28 Å². The summed E-state index contributed by atoms with van der Waals surface area (Å²) < 4.78 is 1.86. The highest BCUT2D eigenvalue weighted by molar-refractivity contribution is 6.32. The van der Waals surface area contributed by atoms with Crippen molar-refractivity contribution in [3.05, 3.63) is 47.1 Å². The van der Waals surface area contributed by atoms with Crippen LogP contribution in [0.5, 0.6) is 0 Å². The number of halogens is 2. The smallest absolute Gasteiger partial charge is 0.222 e. The molecule has 0 fully saturated rings. The maximum absolute atomic E-state index is 6.12. The van der Waals surface area contributed by atoms with Crippen LogP contribution in [0.15, 0.2) is 36.7 Å². The number of nitrogens with zero attached hydrogens (tertiary/aromatic N) is 4. The van der Waals surface area contributed by atoms with E-state index >= 15 is 0 Å². The molecule has 17 heavy (non-hydrogen) atoms. The Balaban J connectivity index is 2.33. The molecule has 3 aromatic rings. The molecule has 0 bridgehead atoms. The number of aromatic nitrogens is 4. The molecule has 0 aliphatic carbocycles. The normalized spacial score (nSPS) is 10.9. The molecule has 84 valence electrons. The third kappa shape index (κ3) is 1.75. The Bertz CT molecular complexity index is 693. The van der Waals surface area contributed by atoms with Gasteiger partial charge in [-0.3, -0.25) is 4.40 Å². The molecule has 0 saturated heterocycles. The minimum absolute atomic E-state index is 0.185. The van der Waals surface area contributed by atoms with E-state index in [-0.39, 0.29) is 5.28 Å². The molecule has 0 amide bonds. The molecular formula is C11H6Cl2N4. The molecule has 0 aromatic carbocycles. The van der Waals surface area contributed by atoms with Crippen molar-refractivity contribution in [1.29, 1.82) is 0 Å². The average molecular weight is 265 g/mol. The number of rotatable bonds is 1. The highest BCUT2D eigenvalue weighted by atomic mass is 35.5. The summed E-state index contributed by atoms with van der Waals surface area (Å²) in [5, 5.41) is 0.579. The standard InChI is InChI=1S/C11H6Cl2N4/c12-10-9(7-4-5-14-11(13)15-7)17-6-2-1-3-8(17)16-10/h1-6H. The van der Waals surface area contributed by atoms with Crippen molar-refractivity contribution in [1.82, 2.24) is 19.4 Å². The Hall–Kier alpha value is -1.65. The van der Waals surface area contributed by atoms with Gasteiger partial charge in [-0.2, -0.15) is 0 Å². The molecule has 3 rings (SSSR count). The maximum atomic E-state index is 6.12. The third-order valence-corrected chi connectivity index (χ3v) is 2.80. The predicted octanol–water partition coefficient (Wildman–Crippen LogP) is 3.10. The summed E-state index contributed by atoms with van der Waals surface area (Å²) in [6.07, 6.45) is 3.46. The molecule has 3 heterocycles. The summed E-state index contributed by atoms with van der Waals surface area (Å²) in [6.45, 7) is 0. The summed E-state index contributed by atoms with van der Waals surface area (Å²) in [5.74, 6) is 0. The average Bonchev–Trinajstić information content (AvgIpc) is 2.64. The van der Waals surface area contributed by atoms with E-state index in [4.69, 9.17) is 23.2 Å². The van der Waals surface area contributed by atoms with Gasteiger partial charge in [-0.05, 0) is 29.8 Å². The summed E-state index contributed by atoms with van der Waals surface area (Å²) in [4.78, 5) is 12.2. The fourth-order valence-electron chi connectivity index (χ4n) is 1.66. The van der Waals surface area contributed by atoms with Crippen molar-refractivity contribution in [3.63, 3.8) is 0 Å². The monoisotopic (exact) mass is 264 g/mol. The minimum Gasteiger partial charge on any atom is -0.297 e. The number of imidazole rings is 1. The number of fused-ring (bicyclic) bond motifs is 1. The van der Waals surface area contributed by atoms with E-state index in [1.807, 2.05) is 28.8 Å². The second-order valence-electron chi connectivity index (χ2n) is 3.39. The first-order valence-corrected chi connectivity index (χ1v) is 5.63. The Morgan fingerprint density at radius 2 is 1.94 bits per heavy atom. The zero-order chi connectivity index (χ0) is 11.8. The lowest BCUT2D eigenvalue weighted by Crippen LogP contribution is -1.91. The zero-order valence-corrected chi connectivity index (χ0v) is 10.0. The van der Waals surface area contributed by atoms with Crippen LogP contribution in [0, 0.1) is 0 Å².